The lowest BCUT2D eigenvalue weighted by Crippen LogP contribution is -2.48. The van der Waals surface area contributed by atoms with E-state index in [-0.39, 0.29) is 11.8 Å². The minimum Gasteiger partial charge on any atom is -0.341 e. The summed E-state index contributed by atoms with van der Waals surface area (Å²) in [6, 6.07) is 8.40. The molecule has 1 N–H and O–H groups in total. The molecule has 2 heterocycles. The average molecular weight is 315 g/mol. The quantitative estimate of drug-likeness (QED) is 0.917. The van der Waals surface area contributed by atoms with Crippen LogP contribution in [0.2, 0.25) is 0 Å². The molecule has 1 atom stereocenters. The average Bonchev–Trinajstić information content (AvgIpc) is 2.60. The number of fused-ring (bicyclic) bond motifs is 1. The van der Waals surface area contributed by atoms with Crippen molar-refractivity contribution in [2.24, 2.45) is 0 Å². The van der Waals surface area contributed by atoms with E-state index in [2.05, 4.69) is 11.4 Å². The highest BCUT2D eigenvalue weighted by atomic mass is 16.2. The summed E-state index contributed by atoms with van der Waals surface area (Å²) in [5.41, 5.74) is 2.18. The van der Waals surface area contributed by atoms with Gasteiger partial charge in [0.2, 0.25) is 11.8 Å². The molecule has 1 unspecified atom stereocenters. The van der Waals surface area contributed by atoms with Crippen molar-refractivity contribution in [3.8, 4) is 0 Å². The molecule has 0 saturated carbocycles. The van der Waals surface area contributed by atoms with Crippen LogP contribution in [0.5, 0.6) is 0 Å². The first-order chi connectivity index (χ1) is 11.2. The summed E-state index contributed by atoms with van der Waals surface area (Å²) in [7, 11) is 1.95. The third-order valence-corrected chi connectivity index (χ3v) is 4.92. The van der Waals surface area contributed by atoms with Crippen LogP contribution in [-0.4, -0.2) is 49.4 Å². The lowest BCUT2D eigenvalue weighted by atomic mass is 10.0. The summed E-state index contributed by atoms with van der Waals surface area (Å²) in [6.07, 6.45) is 3.91. The number of likely N-dealkylation sites (tertiary alicyclic amines) is 1. The summed E-state index contributed by atoms with van der Waals surface area (Å²) in [5.74, 6) is 0.282. The Hall–Kier alpha value is -1.88. The van der Waals surface area contributed by atoms with Crippen molar-refractivity contribution in [2.45, 2.75) is 38.1 Å². The van der Waals surface area contributed by atoms with Gasteiger partial charge in [0.25, 0.3) is 0 Å². The molecule has 5 nitrogen and oxygen atoms in total. The highest BCUT2D eigenvalue weighted by Crippen LogP contribution is 2.27. The number of rotatable bonds is 4. The fourth-order valence-electron chi connectivity index (χ4n) is 3.55. The smallest absolute Gasteiger partial charge is 0.227 e. The fourth-order valence-corrected chi connectivity index (χ4v) is 3.55. The molecule has 1 aromatic carbocycles. The maximum atomic E-state index is 12.5. The second-order valence-corrected chi connectivity index (χ2v) is 6.39. The van der Waals surface area contributed by atoms with Crippen LogP contribution < -0.4 is 10.2 Å². The van der Waals surface area contributed by atoms with E-state index in [1.54, 1.807) is 4.90 Å². The van der Waals surface area contributed by atoms with Gasteiger partial charge in [-0.25, -0.2) is 0 Å². The number of nitrogens with one attached hydrogen (secondary N) is 1. The normalized spacial score (nSPS) is 21.3. The Morgan fingerprint density at radius 2 is 2.13 bits per heavy atom. The SMILES string of the molecule is CNC1CCCN(C(=O)CCN2C(=O)CCc3ccccc32)C1. The van der Waals surface area contributed by atoms with Crippen molar-refractivity contribution in [3.05, 3.63) is 29.8 Å². The number of hydrogen-bond acceptors (Lipinski definition) is 3. The number of nitrogens with zero attached hydrogens (tertiary/aromatic N) is 2. The summed E-state index contributed by atoms with van der Waals surface area (Å²) < 4.78 is 0. The minimum absolute atomic E-state index is 0.128. The molecule has 0 spiro atoms. The summed E-state index contributed by atoms with van der Waals surface area (Å²) in [5, 5.41) is 3.26. The van der Waals surface area contributed by atoms with Crippen LogP contribution in [0.4, 0.5) is 5.69 Å². The molecule has 2 aliphatic heterocycles. The highest BCUT2D eigenvalue weighted by molar-refractivity contribution is 5.97. The molecule has 2 aliphatic rings. The Morgan fingerprint density at radius 1 is 1.30 bits per heavy atom. The monoisotopic (exact) mass is 315 g/mol. The molecule has 0 aliphatic carbocycles. The van der Waals surface area contributed by atoms with E-state index in [1.807, 2.05) is 30.1 Å². The highest BCUT2D eigenvalue weighted by Gasteiger charge is 2.26. The van der Waals surface area contributed by atoms with Gasteiger partial charge in [0.05, 0.1) is 0 Å². The third kappa shape index (κ3) is 3.55. The van der Waals surface area contributed by atoms with Crippen molar-refractivity contribution >= 4 is 17.5 Å². The van der Waals surface area contributed by atoms with Gasteiger partial charge in [-0.05, 0) is 37.9 Å². The Bertz CT molecular complexity index is 587. The number of para-hydroxylation sites is 1. The van der Waals surface area contributed by atoms with E-state index in [4.69, 9.17) is 0 Å². The van der Waals surface area contributed by atoms with Gasteiger partial charge in [0.15, 0.2) is 0 Å². The molecular weight excluding hydrogens is 290 g/mol. The lowest BCUT2D eigenvalue weighted by molar-refractivity contribution is -0.132. The van der Waals surface area contributed by atoms with E-state index in [0.717, 1.165) is 38.0 Å². The molecule has 2 amide bonds. The van der Waals surface area contributed by atoms with Gasteiger partial charge in [-0.15, -0.1) is 0 Å². The van der Waals surface area contributed by atoms with Crippen molar-refractivity contribution in [3.63, 3.8) is 0 Å². The molecule has 3 rings (SSSR count). The Morgan fingerprint density at radius 3 is 2.96 bits per heavy atom. The first-order valence-corrected chi connectivity index (χ1v) is 8.52. The Labute approximate surface area is 137 Å². The molecule has 0 bridgehead atoms. The zero-order chi connectivity index (χ0) is 16.2. The standard InChI is InChI=1S/C18H25N3O2/c1-19-15-6-4-11-20(13-15)17(22)10-12-21-16-7-3-2-5-14(16)8-9-18(21)23/h2-3,5,7,15,19H,4,6,8-13H2,1H3. The number of anilines is 1. The van der Waals surface area contributed by atoms with Gasteiger partial charge in [-0.1, -0.05) is 18.2 Å². The van der Waals surface area contributed by atoms with Crippen LogP contribution >= 0.6 is 0 Å². The largest absolute Gasteiger partial charge is 0.341 e. The molecule has 5 heteroatoms. The van der Waals surface area contributed by atoms with Crippen LogP contribution in [-0.2, 0) is 16.0 Å². The molecule has 0 aromatic heterocycles. The van der Waals surface area contributed by atoms with E-state index in [1.165, 1.54) is 5.56 Å². The maximum absolute atomic E-state index is 12.5. The summed E-state index contributed by atoms with van der Waals surface area (Å²) >= 11 is 0. The van der Waals surface area contributed by atoms with Gasteiger partial charge in [-0.2, -0.15) is 0 Å². The number of piperidine rings is 1. The summed E-state index contributed by atoms with van der Waals surface area (Å²) in [6.45, 7) is 2.09. The fraction of sp³-hybridized carbons (Fsp3) is 0.556. The Kier molecular flexibility index (Phi) is 4.96. The number of benzene rings is 1. The van der Waals surface area contributed by atoms with Gasteiger partial charge < -0.3 is 15.1 Å². The van der Waals surface area contributed by atoms with Crippen molar-refractivity contribution in [1.82, 2.24) is 10.2 Å². The summed E-state index contributed by atoms with van der Waals surface area (Å²) in [4.78, 5) is 28.4. The Balaban J connectivity index is 1.61. The topological polar surface area (TPSA) is 52.7 Å². The van der Waals surface area contributed by atoms with Crippen molar-refractivity contribution < 1.29 is 9.59 Å². The van der Waals surface area contributed by atoms with Crippen LogP contribution in [0.3, 0.4) is 0 Å². The van der Waals surface area contributed by atoms with E-state index in [0.29, 0.717) is 25.4 Å². The zero-order valence-electron chi connectivity index (χ0n) is 13.8. The minimum atomic E-state index is 0.128. The predicted molar refractivity (Wildman–Crippen MR) is 90.4 cm³/mol. The van der Waals surface area contributed by atoms with Crippen LogP contribution in [0.1, 0.15) is 31.2 Å². The molecule has 1 fully saturated rings. The maximum Gasteiger partial charge on any atom is 0.227 e. The lowest BCUT2D eigenvalue weighted by Gasteiger charge is -2.34. The van der Waals surface area contributed by atoms with E-state index >= 15 is 0 Å². The molecule has 23 heavy (non-hydrogen) atoms. The molecule has 1 saturated heterocycles. The first kappa shape index (κ1) is 16.0. The van der Waals surface area contributed by atoms with Gasteiger partial charge in [0.1, 0.15) is 0 Å². The van der Waals surface area contributed by atoms with Crippen molar-refractivity contribution in [1.29, 1.82) is 0 Å². The van der Waals surface area contributed by atoms with E-state index < -0.39 is 0 Å². The zero-order valence-corrected chi connectivity index (χ0v) is 13.8. The molecule has 1 aromatic rings. The molecule has 0 radical (unpaired) electrons. The number of likely N-dealkylation sites (N-methyl/N-ethyl adjacent to an activating group) is 1. The van der Waals surface area contributed by atoms with Crippen molar-refractivity contribution in [2.75, 3.05) is 31.6 Å². The van der Waals surface area contributed by atoms with Crippen LogP contribution in [0.15, 0.2) is 24.3 Å². The third-order valence-electron chi connectivity index (χ3n) is 4.92. The van der Waals surface area contributed by atoms with Crippen LogP contribution in [0.25, 0.3) is 0 Å². The van der Waals surface area contributed by atoms with Gasteiger partial charge >= 0.3 is 0 Å². The predicted octanol–water partition coefficient (Wildman–Crippen LogP) is 1.57. The number of carbonyl (C=O) groups excluding carboxylic acids is 2. The first-order valence-electron chi connectivity index (χ1n) is 8.52. The molecule has 124 valence electrons. The second kappa shape index (κ2) is 7.13. The number of carbonyl (C=O) groups is 2. The second-order valence-electron chi connectivity index (χ2n) is 6.39. The number of aryl methyl sites for hydroxylation is 1. The van der Waals surface area contributed by atoms with Crippen LogP contribution in [0, 0.1) is 0 Å². The number of hydrogen-bond donors (Lipinski definition) is 1. The molecular formula is C18H25N3O2. The number of amides is 2. The van der Waals surface area contributed by atoms with Gasteiger partial charge in [-0.3, -0.25) is 9.59 Å². The van der Waals surface area contributed by atoms with Gasteiger partial charge in [0, 0.05) is 44.2 Å². The van der Waals surface area contributed by atoms with E-state index in [9.17, 15) is 9.59 Å².